The van der Waals surface area contributed by atoms with Gasteiger partial charge in [0.15, 0.2) is 0 Å². The number of hydrogen-bond donors (Lipinski definition) is 0. The summed E-state index contributed by atoms with van der Waals surface area (Å²) in [5.41, 5.74) is 10.8. The zero-order chi connectivity index (χ0) is 35.3. The van der Waals surface area contributed by atoms with E-state index in [1.54, 1.807) is 0 Å². The average molecular weight is 687 g/mol. The predicted molar refractivity (Wildman–Crippen MR) is 227 cm³/mol. The molecule has 2 heteroatoms. The fourth-order valence-corrected chi connectivity index (χ4v) is 9.13. The zero-order valence-corrected chi connectivity index (χ0v) is 29.1. The van der Waals surface area contributed by atoms with Gasteiger partial charge in [0.1, 0.15) is 22.3 Å². The van der Waals surface area contributed by atoms with Crippen molar-refractivity contribution in [3.8, 4) is 33.4 Å². The number of benzene rings is 10. The lowest BCUT2D eigenvalue weighted by Crippen LogP contribution is -1.93. The van der Waals surface area contributed by atoms with Gasteiger partial charge in [-0.15, -0.1) is 0 Å². The molecule has 12 aromatic rings. The third-order valence-corrected chi connectivity index (χ3v) is 11.5. The molecule has 0 atom stereocenters. The van der Waals surface area contributed by atoms with E-state index in [2.05, 4.69) is 170 Å². The Bertz CT molecular complexity index is 3440. The SMILES string of the molecule is c1ccc2c(-c3c4ccccc4c(-c4ccc(-c5ccc6oc7c(ccc8oc9ccccc9c87)c6c5)c5ccccc45)c4ccccc34)cccc2c1. The fourth-order valence-electron chi connectivity index (χ4n) is 9.13. The zero-order valence-electron chi connectivity index (χ0n) is 29.1. The molecule has 250 valence electrons. The van der Waals surface area contributed by atoms with E-state index >= 15 is 0 Å². The van der Waals surface area contributed by atoms with Gasteiger partial charge in [0, 0.05) is 16.2 Å². The van der Waals surface area contributed by atoms with Crippen molar-refractivity contribution in [1.29, 1.82) is 0 Å². The highest BCUT2D eigenvalue weighted by atomic mass is 16.3. The molecule has 0 amide bonds. The molecule has 0 bridgehead atoms. The van der Waals surface area contributed by atoms with Gasteiger partial charge >= 0.3 is 0 Å². The highest BCUT2D eigenvalue weighted by Gasteiger charge is 2.21. The minimum atomic E-state index is 0.842. The molecule has 2 aromatic heterocycles. The van der Waals surface area contributed by atoms with Crippen LogP contribution in [0.3, 0.4) is 0 Å². The van der Waals surface area contributed by atoms with Crippen molar-refractivity contribution in [2.45, 2.75) is 0 Å². The van der Waals surface area contributed by atoms with Crippen LogP contribution < -0.4 is 0 Å². The first-order chi connectivity index (χ1) is 26.8. The summed E-state index contributed by atoms with van der Waals surface area (Å²) < 4.78 is 12.8. The Hall–Kier alpha value is -7.16. The summed E-state index contributed by atoms with van der Waals surface area (Å²) in [6, 6.07) is 65.8. The summed E-state index contributed by atoms with van der Waals surface area (Å²) in [7, 11) is 0. The van der Waals surface area contributed by atoms with Crippen molar-refractivity contribution in [3.05, 3.63) is 182 Å². The van der Waals surface area contributed by atoms with E-state index in [9.17, 15) is 0 Å². The highest BCUT2D eigenvalue weighted by molar-refractivity contribution is 6.26. The molecule has 0 spiro atoms. The normalized spacial score (nSPS) is 12.1. The molecule has 0 saturated heterocycles. The molecule has 0 aliphatic heterocycles. The van der Waals surface area contributed by atoms with Gasteiger partial charge in [0.2, 0.25) is 0 Å². The van der Waals surface area contributed by atoms with Crippen LogP contribution in [0.15, 0.2) is 191 Å². The lowest BCUT2D eigenvalue weighted by Gasteiger charge is -2.20. The first kappa shape index (κ1) is 29.4. The molecular formula is C52H30O2. The third-order valence-electron chi connectivity index (χ3n) is 11.5. The van der Waals surface area contributed by atoms with Gasteiger partial charge in [-0.1, -0.05) is 152 Å². The van der Waals surface area contributed by atoms with Crippen LogP contribution in [-0.4, -0.2) is 0 Å². The third kappa shape index (κ3) is 4.11. The number of fused-ring (bicyclic) bond motifs is 11. The summed E-state index contributed by atoms with van der Waals surface area (Å²) in [5.74, 6) is 0. The fraction of sp³-hybridized carbons (Fsp3) is 0. The molecule has 0 fully saturated rings. The Labute approximate surface area is 310 Å². The van der Waals surface area contributed by atoms with Gasteiger partial charge in [-0.2, -0.15) is 0 Å². The Morgan fingerprint density at radius 3 is 1.52 bits per heavy atom. The maximum absolute atomic E-state index is 6.57. The maximum atomic E-state index is 6.57. The van der Waals surface area contributed by atoms with E-state index < -0.39 is 0 Å². The monoisotopic (exact) mass is 686 g/mol. The van der Waals surface area contributed by atoms with E-state index in [4.69, 9.17) is 8.83 Å². The maximum Gasteiger partial charge on any atom is 0.147 e. The number of hydrogen-bond acceptors (Lipinski definition) is 2. The van der Waals surface area contributed by atoms with Gasteiger partial charge in [-0.05, 0) is 107 Å². The summed E-state index contributed by atoms with van der Waals surface area (Å²) in [4.78, 5) is 0. The first-order valence-electron chi connectivity index (χ1n) is 18.5. The number of furan rings is 2. The number of para-hydroxylation sites is 1. The van der Waals surface area contributed by atoms with Gasteiger partial charge in [0.25, 0.3) is 0 Å². The smallest absolute Gasteiger partial charge is 0.147 e. The number of rotatable bonds is 3. The van der Waals surface area contributed by atoms with Crippen LogP contribution in [0.4, 0.5) is 0 Å². The van der Waals surface area contributed by atoms with E-state index in [1.807, 2.05) is 12.1 Å². The van der Waals surface area contributed by atoms with E-state index in [0.717, 1.165) is 49.4 Å². The molecule has 10 aromatic carbocycles. The minimum Gasteiger partial charge on any atom is -0.456 e. The Balaban J connectivity index is 1.10. The largest absolute Gasteiger partial charge is 0.456 e. The van der Waals surface area contributed by atoms with Crippen LogP contribution in [0.5, 0.6) is 0 Å². The predicted octanol–water partition coefficient (Wildman–Crippen LogP) is 15.1. The molecule has 0 unspecified atom stereocenters. The van der Waals surface area contributed by atoms with Crippen LogP contribution >= 0.6 is 0 Å². The second kappa shape index (κ2) is 11.2. The molecule has 2 heterocycles. The summed E-state index contributed by atoms with van der Waals surface area (Å²) in [6.07, 6.45) is 0. The molecule has 2 nitrogen and oxygen atoms in total. The summed E-state index contributed by atoms with van der Waals surface area (Å²) in [6.45, 7) is 0. The molecule has 12 rings (SSSR count). The van der Waals surface area contributed by atoms with E-state index in [-0.39, 0.29) is 0 Å². The van der Waals surface area contributed by atoms with Gasteiger partial charge in [0.05, 0.1) is 5.39 Å². The molecule has 0 radical (unpaired) electrons. The molecule has 0 N–H and O–H groups in total. The lowest BCUT2D eigenvalue weighted by molar-refractivity contribution is 0.663. The molecular weight excluding hydrogens is 657 g/mol. The molecule has 54 heavy (non-hydrogen) atoms. The molecule has 0 aliphatic carbocycles. The average Bonchev–Trinajstić information content (AvgIpc) is 3.80. The van der Waals surface area contributed by atoms with E-state index in [0.29, 0.717) is 0 Å². The van der Waals surface area contributed by atoms with Crippen molar-refractivity contribution in [2.24, 2.45) is 0 Å². The topological polar surface area (TPSA) is 26.3 Å². The molecule has 0 aliphatic rings. The van der Waals surface area contributed by atoms with Crippen LogP contribution in [-0.2, 0) is 0 Å². The van der Waals surface area contributed by atoms with Crippen molar-refractivity contribution in [2.75, 3.05) is 0 Å². The second-order valence-electron chi connectivity index (χ2n) is 14.3. The minimum absolute atomic E-state index is 0.842. The van der Waals surface area contributed by atoms with Crippen molar-refractivity contribution in [3.63, 3.8) is 0 Å². The van der Waals surface area contributed by atoms with E-state index in [1.165, 1.54) is 70.9 Å². The Morgan fingerprint density at radius 2 is 0.796 bits per heavy atom. The second-order valence-corrected chi connectivity index (χ2v) is 14.3. The highest BCUT2D eigenvalue weighted by Crippen LogP contribution is 2.48. The van der Waals surface area contributed by atoms with Crippen molar-refractivity contribution < 1.29 is 8.83 Å². The first-order valence-corrected chi connectivity index (χ1v) is 18.5. The van der Waals surface area contributed by atoms with Crippen molar-refractivity contribution >= 4 is 87.0 Å². The molecule has 0 saturated carbocycles. The Morgan fingerprint density at radius 1 is 0.278 bits per heavy atom. The van der Waals surface area contributed by atoms with Crippen molar-refractivity contribution in [1.82, 2.24) is 0 Å². The summed E-state index contributed by atoms with van der Waals surface area (Å²) in [5, 5.41) is 14.3. The van der Waals surface area contributed by atoms with Crippen LogP contribution in [0.2, 0.25) is 0 Å². The Kier molecular flexibility index (Phi) is 6.09. The van der Waals surface area contributed by atoms with Crippen LogP contribution in [0.25, 0.3) is 120 Å². The van der Waals surface area contributed by atoms with Gasteiger partial charge < -0.3 is 8.83 Å². The van der Waals surface area contributed by atoms with Gasteiger partial charge in [-0.3, -0.25) is 0 Å². The standard InChI is InChI=1S/C52H30O2/c1-2-14-33-31(12-1)13-11-22-37(33)49-38-17-5-7-19-40(38)50(41-20-8-6-18-39(41)49)42-26-25-34(35-15-3-4-16-36(35)42)32-24-28-47-45(30-32)43-27-29-48-51(52(43)54-47)44-21-9-10-23-46(44)53-48/h1-30H. The van der Waals surface area contributed by atoms with Gasteiger partial charge in [-0.25, -0.2) is 0 Å². The lowest BCUT2D eigenvalue weighted by atomic mass is 9.83. The van der Waals surface area contributed by atoms with Crippen LogP contribution in [0.1, 0.15) is 0 Å². The van der Waals surface area contributed by atoms with Crippen LogP contribution in [0, 0.1) is 0 Å². The quantitative estimate of drug-likeness (QED) is 0.173. The summed E-state index contributed by atoms with van der Waals surface area (Å²) >= 11 is 0.